The molecule has 7 rings (SSSR count). The van der Waals surface area contributed by atoms with Crippen molar-refractivity contribution in [3.05, 3.63) is 60.6 Å². The first-order chi connectivity index (χ1) is 24.9. The summed E-state index contributed by atoms with van der Waals surface area (Å²) in [6.45, 7) is 11.1. The van der Waals surface area contributed by atoms with Gasteiger partial charge in [-0.25, -0.2) is 13.2 Å². The lowest BCUT2D eigenvalue weighted by Crippen LogP contribution is -2.53. The van der Waals surface area contributed by atoms with Gasteiger partial charge in [-0.1, -0.05) is 7.92 Å². The maximum atomic E-state index is 14.9. The van der Waals surface area contributed by atoms with Gasteiger partial charge in [-0.15, -0.1) is 0 Å². The van der Waals surface area contributed by atoms with E-state index in [9.17, 15) is 13.2 Å². The lowest BCUT2D eigenvalue weighted by Gasteiger charge is -2.50. The van der Waals surface area contributed by atoms with E-state index in [0.717, 1.165) is 74.7 Å². The SMILES string of the molecule is COc1cc(N2CCC3(CC2)CCN(C(C)(C)CF)CC3)c(-c2cnn(C)c2)cc1Nc1nc(Nc2ccc(F)c(F)c2P(C)C)c2cc[nH]c2n1. The average molecular weight is 734 g/mol. The summed E-state index contributed by atoms with van der Waals surface area (Å²) in [4.78, 5) is 17.5. The number of methoxy groups -OCH3 is 1. The summed E-state index contributed by atoms with van der Waals surface area (Å²) in [5.74, 6) is -0.361. The summed E-state index contributed by atoms with van der Waals surface area (Å²) in [6.07, 6.45) is 9.95. The fourth-order valence-electron chi connectivity index (χ4n) is 7.70. The molecule has 2 aliphatic heterocycles. The molecule has 0 radical (unpaired) electrons. The van der Waals surface area contributed by atoms with Gasteiger partial charge in [-0.05, 0) is 95.6 Å². The molecule has 0 saturated carbocycles. The first kappa shape index (κ1) is 36.0. The van der Waals surface area contributed by atoms with Crippen molar-refractivity contribution >= 4 is 53.1 Å². The molecule has 276 valence electrons. The van der Waals surface area contributed by atoms with Crippen LogP contribution in [0, 0.1) is 17.0 Å². The highest BCUT2D eigenvalue weighted by Crippen LogP contribution is 2.47. The van der Waals surface area contributed by atoms with Crippen molar-refractivity contribution in [1.29, 1.82) is 0 Å². The van der Waals surface area contributed by atoms with E-state index in [1.165, 1.54) is 0 Å². The van der Waals surface area contributed by atoms with Gasteiger partial charge >= 0.3 is 0 Å². The standard InChI is InChI=1S/C38H47F3N9OP/c1-37(2,23-39)50-17-12-38(13-18-50)10-15-49(16-11-38)30-20-31(51-4)29(19-26(30)24-21-43-48(3)22-24)45-36-46-34-25(9-14-42-34)35(47-36)44-28-8-7-27(40)32(41)33(28)52(5)6/h7-9,14,19-22H,10-13,15-18,23H2,1-6H3,(H3,42,44,45,46,47). The molecule has 52 heavy (non-hydrogen) atoms. The maximum Gasteiger partial charge on any atom is 0.231 e. The molecule has 10 nitrogen and oxygen atoms in total. The Bertz CT molecular complexity index is 2060. The van der Waals surface area contributed by atoms with Crippen molar-refractivity contribution in [3.8, 4) is 16.9 Å². The zero-order chi connectivity index (χ0) is 36.8. The van der Waals surface area contributed by atoms with Crippen molar-refractivity contribution in [1.82, 2.24) is 29.6 Å². The fourth-order valence-corrected chi connectivity index (χ4v) is 8.81. The summed E-state index contributed by atoms with van der Waals surface area (Å²) < 4.78 is 50.7. The predicted octanol–water partition coefficient (Wildman–Crippen LogP) is 7.93. The molecular formula is C38H47F3N9OP. The van der Waals surface area contributed by atoms with Gasteiger partial charge in [0.1, 0.15) is 23.9 Å². The number of aromatic amines is 1. The summed E-state index contributed by atoms with van der Waals surface area (Å²) in [5.41, 5.74) is 4.58. The molecule has 2 saturated heterocycles. The quantitative estimate of drug-likeness (QED) is 0.125. The van der Waals surface area contributed by atoms with E-state index in [1.54, 1.807) is 24.1 Å². The third kappa shape index (κ3) is 6.92. The Morgan fingerprint density at radius 2 is 1.71 bits per heavy atom. The number of nitrogens with one attached hydrogen (secondary N) is 3. The van der Waals surface area contributed by atoms with E-state index >= 15 is 0 Å². The van der Waals surface area contributed by atoms with Gasteiger partial charge in [0.2, 0.25) is 5.95 Å². The molecule has 3 aromatic heterocycles. The van der Waals surface area contributed by atoms with E-state index in [0.29, 0.717) is 45.2 Å². The fraction of sp³-hybridized carbons (Fsp3) is 0.447. The van der Waals surface area contributed by atoms with Crippen LogP contribution in [0.1, 0.15) is 39.5 Å². The number of ether oxygens (including phenoxy) is 1. The number of aryl methyl sites for hydroxylation is 1. The number of aromatic nitrogens is 5. The number of fused-ring (bicyclic) bond motifs is 1. The lowest BCUT2D eigenvalue weighted by atomic mass is 9.70. The summed E-state index contributed by atoms with van der Waals surface area (Å²) in [6, 6.07) is 8.64. The first-order valence-electron chi connectivity index (χ1n) is 17.7. The smallest absolute Gasteiger partial charge is 0.231 e. The molecular weight excluding hydrogens is 686 g/mol. The van der Waals surface area contributed by atoms with Crippen LogP contribution in [0.15, 0.2) is 48.9 Å². The van der Waals surface area contributed by atoms with Crippen LogP contribution in [0.4, 0.5) is 42.0 Å². The molecule has 2 aromatic carbocycles. The molecule has 2 aliphatic rings. The largest absolute Gasteiger partial charge is 0.494 e. The Morgan fingerprint density at radius 1 is 0.981 bits per heavy atom. The number of nitrogens with zero attached hydrogens (tertiary/aromatic N) is 6. The van der Waals surface area contributed by atoms with Gasteiger partial charge in [0, 0.05) is 66.3 Å². The number of anilines is 5. The van der Waals surface area contributed by atoms with Crippen molar-refractivity contribution in [2.75, 3.05) is 68.8 Å². The second-order valence-corrected chi connectivity index (χ2v) is 17.2. The van der Waals surface area contributed by atoms with Gasteiger partial charge in [-0.3, -0.25) is 9.58 Å². The maximum absolute atomic E-state index is 14.9. The van der Waals surface area contributed by atoms with E-state index < -0.39 is 25.1 Å². The van der Waals surface area contributed by atoms with Crippen LogP contribution in [0.2, 0.25) is 0 Å². The van der Waals surface area contributed by atoms with E-state index in [-0.39, 0.29) is 12.1 Å². The second-order valence-electron chi connectivity index (χ2n) is 14.9. The molecule has 0 unspecified atom stereocenters. The van der Waals surface area contributed by atoms with Gasteiger partial charge in [0.15, 0.2) is 11.6 Å². The van der Waals surface area contributed by atoms with Gasteiger partial charge in [0.25, 0.3) is 0 Å². The van der Waals surface area contributed by atoms with E-state index in [2.05, 4.69) is 42.6 Å². The van der Waals surface area contributed by atoms with Gasteiger partial charge in [-0.2, -0.15) is 15.1 Å². The van der Waals surface area contributed by atoms with Gasteiger partial charge < -0.3 is 25.3 Å². The number of alkyl halides is 1. The molecule has 1 spiro atoms. The Labute approximate surface area is 303 Å². The van der Waals surface area contributed by atoms with Crippen LogP contribution in [-0.2, 0) is 7.05 Å². The zero-order valence-corrected chi connectivity index (χ0v) is 31.5. The zero-order valence-electron chi connectivity index (χ0n) is 30.7. The minimum absolute atomic E-state index is 0.273. The minimum atomic E-state index is -0.967. The number of rotatable bonds is 10. The highest BCUT2D eigenvalue weighted by atomic mass is 31.1. The van der Waals surface area contributed by atoms with Crippen LogP contribution < -0.4 is 25.6 Å². The molecule has 14 heteroatoms. The Hall–Kier alpha value is -4.35. The minimum Gasteiger partial charge on any atom is -0.494 e. The topological polar surface area (TPSA) is 99.2 Å². The molecule has 0 bridgehead atoms. The highest BCUT2D eigenvalue weighted by molar-refractivity contribution is 7.64. The number of hydrogen-bond acceptors (Lipinski definition) is 8. The number of H-pyrrole nitrogens is 1. The summed E-state index contributed by atoms with van der Waals surface area (Å²) in [5, 5.41) is 12.1. The Balaban J connectivity index is 1.19. The molecule has 0 amide bonds. The molecule has 5 heterocycles. The monoisotopic (exact) mass is 733 g/mol. The van der Waals surface area contributed by atoms with Crippen LogP contribution in [-0.4, -0.2) is 88.5 Å². The Kier molecular flexibility index (Phi) is 9.86. The van der Waals surface area contributed by atoms with E-state index in [1.807, 2.05) is 52.7 Å². The van der Waals surface area contributed by atoms with Crippen molar-refractivity contribution in [2.45, 2.75) is 45.1 Å². The van der Waals surface area contributed by atoms with Crippen LogP contribution >= 0.6 is 7.92 Å². The number of likely N-dealkylation sites (tertiary alicyclic amines) is 1. The van der Waals surface area contributed by atoms with Crippen LogP contribution in [0.25, 0.3) is 22.2 Å². The van der Waals surface area contributed by atoms with E-state index in [4.69, 9.17) is 14.7 Å². The highest BCUT2D eigenvalue weighted by Gasteiger charge is 2.41. The molecule has 5 aromatic rings. The number of hydrogen-bond donors (Lipinski definition) is 3. The van der Waals surface area contributed by atoms with Crippen LogP contribution in [0.3, 0.4) is 0 Å². The third-order valence-electron chi connectivity index (χ3n) is 10.9. The number of benzene rings is 2. The second kappa shape index (κ2) is 14.2. The first-order valence-corrected chi connectivity index (χ1v) is 20.0. The lowest BCUT2D eigenvalue weighted by molar-refractivity contribution is 0.0112. The molecule has 2 fully saturated rings. The van der Waals surface area contributed by atoms with Crippen molar-refractivity contribution < 1.29 is 17.9 Å². The van der Waals surface area contributed by atoms with Crippen LogP contribution in [0.5, 0.6) is 5.75 Å². The normalized spacial score (nSPS) is 16.6. The van der Waals surface area contributed by atoms with Crippen molar-refractivity contribution in [3.63, 3.8) is 0 Å². The van der Waals surface area contributed by atoms with Crippen molar-refractivity contribution in [2.24, 2.45) is 12.5 Å². The summed E-state index contributed by atoms with van der Waals surface area (Å²) >= 11 is 0. The molecule has 3 N–H and O–H groups in total. The third-order valence-corrected chi connectivity index (χ3v) is 12.3. The molecule has 0 atom stereocenters. The number of halogens is 3. The molecule has 0 aliphatic carbocycles. The summed E-state index contributed by atoms with van der Waals surface area (Å²) in [7, 11) is 2.58. The number of piperidine rings is 2. The van der Waals surface area contributed by atoms with Gasteiger partial charge in [0.05, 0.1) is 30.1 Å². The predicted molar refractivity (Wildman–Crippen MR) is 205 cm³/mol. The average Bonchev–Trinajstić information content (AvgIpc) is 3.79. The Morgan fingerprint density at radius 3 is 2.37 bits per heavy atom.